The molecule has 1 fully saturated rings. The van der Waals surface area contributed by atoms with Crippen molar-refractivity contribution in [3.8, 4) is 0 Å². The number of carbonyl (C=O) groups is 1. The van der Waals surface area contributed by atoms with Crippen LogP contribution in [0.25, 0.3) is 0 Å². The van der Waals surface area contributed by atoms with Gasteiger partial charge in [-0.2, -0.15) is 0 Å². The molecular formula is C13H25N3OS. The van der Waals surface area contributed by atoms with E-state index in [1.165, 1.54) is 0 Å². The number of thiocarbonyl (C=S) groups is 1. The molecule has 0 aliphatic carbocycles. The molecule has 104 valence electrons. The molecule has 0 atom stereocenters. The summed E-state index contributed by atoms with van der Waals surface area (Å²) in [5, 5.41) is 3.06. The lowest BCUT2D eigenvalue weighted by molar-refractivity contribution is -0.124. The van der Waals surface area contributed by atoms with Crippen LogP contribution < -0.4 is 11.1 Å². The molecule has 0 spiro atoms. The van der Waals surface area contributed by atoms with E-state index in [9.17, 15) is 4.79 Å². The number of nitrogens with one attached hydrogen (secondary N) is 1. The van der Waals surface area contributed by atoms with E-state index in [0.717, 1.165) is 32.4 Å². The van der Waals surface area contributed by atoms with Crippen molar-refractivity contribution in [3.63, 3.8) is 0 Å². The lowest BCUT2D eigenvalue weighted by atomic mass is 9.97. The van der Waals surface area contributed by atoms with Gasteiger partial charge < -0.3 is 11.1 Å². The molecule has 0 aromatic heterocycles. The monoisotopic (exact) mass is 271 g/mol. The van der Waals surface area contributed by atoms with Gasteiger partial charge in [0.2, 0.25) is 5.91 Å². The normalized spacial score (nSPS) is 18.6. The first-order valence-corrected chi connectivity index (χ1v) is 7.07. The molecule has 0 unspecified atom stereocenters. The zero-order valence-electron chi connectivity index (χ0n) is 11.7. The second-order valence-electron chi connectivity index (χ2n) is 5.74. The largest absolute Gasteiger partial charge is 0.393 e. The second kappa shape index (κ2) is 6.48. The highest BCUT2D eigenvalue weighted by atomic mass is 32.1. The fraction of sp³-hybridized carbons (Fsp3) is 0.846. The molecule has 18 heavy (non-hydrogen) atoms. The van der Waals surface area contributed by atoms with E-state index in [-0.39, 0.29) is 11.4 Å². The highest BCUT2D eigenvalue weighted by molar-refractivity contribution is 7.80. The van der Waals surface area contributed by atoms with Crippen LogP contribution in [0.4, 0.5) is 0 Å². The number of hydrogen-bond donors (Lipinski definition) is 2. The molecule has 1 saturated heterocycles. The number of carbonyl (C=O) groups excluding carboxylic acids is 1. The number of amides is 1. The Morgan fingerprint density at radius 2 is 2.00 bits per heavy atom. The van der Waals surface area contributed by atoms with Crippen molar-refractivity contribution in [3.05, 3.63) is 0 Å². The molecule has 4 nitrogen and oxygen atoms in total. The molecule has 1 aliphatic rings. The van der Waals surface area contributed by atoms with E-state index < -0.39 is 0 Å². The fourth-order valence-electron chi connectivity index (χ4n) is 2.08. The van der Waals surface area contributed by atoms with Gasteiger partial charge in [-0.15, -0.1) is 0 Å². The average Bonchev–Trinajstić information content (AvgIpc) is 2.29. The Kier molecular flexibility index (Phi) is 5.53. The number of likely N-dealkylation sites (tertiary alicyclic amines) is 1. The van der Waals surface area contributed by atoms with Crippen molar-refractivity contribution >= 4 is 23.1 Å². The summed E-state index contributed by atoms with van der Waals surface area (Å²) >= 11 is 5.01. The lowest BCUT2D eigenvalue weighted by Crippen LogP contribution is -2.49. The SMILES string of the molecule is CCC(C)(C)NC(=O)CN1CCC(C(N)=S)CC1. The molecule has 0 aromatic carbocycles. The molecule has 0 aromatic rings. The predicted molar refractivity (Wildman–Crippen MR) is 78.5 cm³/mol. The van der Waals surface area contributed by atoms with E-state index in [4.69, 9.17) is 18.0 Å². The number of nitrogens with two attached hydrogens (primary N) is 1. The van der Waals surface area contributed by atoms with Gasteiger partial charge in [-0.25, -0.2) is 0 Å². The Bertz CT molecular complexity index is 309. The van der Waals surface area contributed by atoms with Gasteiger partial charge in [-0.1, -0.05) is 19.1 Å². The third-order valence-electron chi connectivity index (χ3n) is 3.72. The minimum atomic E-state index is -0.117. The van der Waals surface area contributed by atoms with Crippen LogP contribution in [0, 0.1) is 5.92 Å². The summed E-state index contributed by atoms with van der Waals surface area (Å²) in [6.07, 6.45) is 2.88. The summed E-state index contributed by atoms with van der Waals surface area (Å²) in [5.74, 6) is 0.460. The van der Waals surface area contributed by atoms with Crippen LogP contribution in [0.1, 0.15) is 40.0 Å². The Labute approximate surface area is 115 Å². The third-order valence-corrected chi connectivity index (χ3v) is 4.05. The van der Waals surface area contributed by atoms with E-state index >= 15 is 0 Å². The van der Waals surface area contributed by atoms with Crippen molar-refractivity contribution in [1.29, 1.82) is 0 Å². The number of piperidine rings is 1. The maximum atomic E-state index is 11.9. The summed E-state index contributed by atoms with van der Waals surface area (Å²) in [5.41, 5.74) is 5.53. The molecule has 1 amide bonds. The molecule has 1 aliphatic heterocycles. The van der Waals surface area contributed by atoms with Crippen LogP contribution in [0.15, 0.2) is 0 Å². The Morgan fingerprint density at radius 3 is 2.44 bits per heavy atom. The third kappa shape index (κ3) is 4.90. The first-order chi connectivity index (χ1) is 8.34. The standard InChI is InChI=1S/C13H25N3OS/c1-4-13(2,3)15-11(17)9-16-7-5-10(6-8-16)12(14)18/h10H,4-9H2,1-3H3,(H2,14,18)(H,15,17). The summed E-state index contributed by atoms with van der Waals surface area (Å²) in [7, 11) is 0. The smallest absolute Gasteiger partial charge is 0.234 e. The molecular weight excluding hydrogens is 246 g/mol. The highest BCUT2D eigenvalue weighted by Crippen LogP contribution is 2.17. The Balaban J connectivity index is 2.33. The summed E-state index contributed by atoms with van der Waals surface area (Å²) in [6, 6.07) is 0. The molecule has 5 heteroatoms. The topological polar surface area (TPSA) is 58.4 Å². The van der Waals surface area contributed by atoms with Crippen molar-refractivity contribution in [1.82, 2.24) is 10.2 Å². The van der Waals surface area contributed by atoms with Gasteiger partial charge in [0.05, 0.1) is 11.5 Å². The zero-order chi connectivity index (χ0) is 13.8. The summed E-state index contributed by atoms with van der Waals surface area (Å²) in [6.45, 7) is 8.46. The molecule has 3 N–H and O–H groups in total. The Hall–Kier alpha value is -0.680. The molecule has 0 radical (unpaired) electrons. The van der Waals surface area contributed by atoms with Gasteiger partial charge in [-0.05, 0) is 46.2 Å². The van der Waals surface area contributed by atoms with Crippen LogP contribution >= 0.6 is 12.2 Å². The zero-order valence-corrected chi connectivity index (χ0v) is 12.5. The van der Waals surface area contributed by atoms with Gasteiger partial charge in [0.25, 0.3) is 0 Å². The first kappa shape index (κ1) is 15.4. The molecule has 1 rings (SSSR count). The summed E-state index contributed by atoms with van der Waals surface area (Å²) in [4.78, 5) is 14.7. The van der Waals surface area contributed by atoms with E-state index in [1.807, 2.05) is 13.8 Å². The summed E-state index contributed by atoms with van der Waals surface area (Å²) < 4.78 is 0. The van der Waals surface area contributed by atoms with Crippen LogP contribution in [0.3, 0.4) is 0 Å². The minimum Gasteiger partial charge on any atom is -0.393 e. The maximum absolute atomic E-state index is 11.9. The fourth-order valence-corrected chi connectivity index (χ4v) is 2.32. The van der Waals surface area contributed by atoms with Crippen LogP contribution in [0.5, 0.6) is 0 Å². The number of rotatable bonds is 5. The van der Waals surface area contributed by atoms with E-state index in [2.05, 4.69) is 17.1 Å². The van der Waals surface area contributed by atoms with Gasteiger partial charge in [-0.3, -0.25) is 9.69 Å². The molecule has 0 bridgehead atoms. The van der Waals surface area contributed by atoms with Crippen molar-refractivity contribution in [2.24, 2.45) is 11.7 Å². The van der Waals surface area contributed by atoms with Crippen molar-refractivity contribution < 1.29 is 4.79 Å². The Morgan fingerprint density at radius 1 is 1.44 bits per heavy atom. The maximum Gasteiger partial charge on any atom is 0.234 e. The van der Waals surface area contributed by atoms with Crippen molar-refractivity contribution in [2.45, 2.75) is 45.6 Å². The van der Waals surface area contributed by atoms with Crippen LogP contribution in [-0.2, 0) is 4.79 Å². The molecule has 0 saturated carbocycles. The van der Waals surface area contributed by atoms with Gasteiger partial charge in [0.1, 0.15) is 0 Å². The van der Waals surface area contributed by atoms with Gasteiger partial charge in [0.15, 0.2) is 0 Å². The number of nitrogens with zero attached hydrogens (tertiary/aromatic N) is 1. The first-order valence-electron chi connectivity index (χ1n) is 6.66. The molecule has 1 heterocycles. The quantitative estimate of drug-likeness (QED) is 0.740. The van der Waals surface area contributed by atoms with Gasteiger partial charge in [0, 0.05) is 11.5 Å². The number of hydrogen-bond acceptors (Lipinski definition) is 3. The van der Waals surface area contributed by atoms with Gasteiger partial charge >= 0.3 is 0 Å². The highest BCUT2D eigenvalue weighted by Gasteiger charge is 2.24. The average molecular weight is 271 g/mol. The van der Waals surface area contributed by atoms with E-state index in [0.29, 0.717) is 17.5 Å². The van der Waals surface area contributed by atoms with Crippen molar-refractivity contribution in [2.75, 3.05) is 19.6 Å². The minimum absolute atomic E-state index is 0.107. The second-order valence-corrected chi connectivity index (χ2v) is 6.21. The lowest BCUT2D eigenvalue weighted by Gasteiger charge is -2.32. The van der Waals surface area contributed by atoms with Crippen LogP contribution in [-0.4, -0.2) is 41.0 Å². The van der Waals surface area contributed by atoms with E-state index in [1.54, 1.807) is 0 Å². The predicted octanol–water partition coefficient (Wildman–Crippen LogP) is 1.29. The van der Waals surface area contributed by atoms with Crippen LogP contribution in [0.2, 0.25) is 0 Å².